The molecule has 2 aromatic carbocycles. The van der Waals surface area contributed by atoms with Crippen LogP contribution in [-0.2, 0) is 0 Å². The normalized spacial score (nSPS) is 11.8. The molecule has 3 aromatic rings. The largest absolute Gasteiger partial charge is 0.573 e. The average molecular weight is 278 g/mol. The highest BCUT2D eigenvalue weighted by molar-refractivity contribution is 5.83. The first-order chi connectivity index (χ1) is 9.53. The molecule has 0 aliphatic carbocycles. The van der Waals surface area contributed by atoms with Crippen molar-refractivity contribution in [3.05, 3.63) is 54.6 Å². The van der Waals surface area contributed by atoms with E-state index in [2.05, 4.69) is 4.74 Å². The highest BCUT2D eigenvalue weighted by Gasteiger charge is 2.32. The first-order valence-electron chi connectivity index (χ1n) is 5.87. The fourth-order valence-electron chi connectivity index (χ4n) is 2.00. The molecule has 5 heteroatoms. The van der Waals surface area contributed by atoms with E-state index in [0.29, 0.717) is 11.3 Å². The van der Waals surface area contributed by atoms with Crippen LogP contribution in [0.1, 0.15) is 0 Å². The molecule has 2 nitrogen and oxygen atoms in total. The number of rotatable bonds is 2. The maximum absolute atomic E-state index is 12.4. The number of hydrogen-bond acceptors (Lipinski definition) is 2. The summed E-state index contributed by atoms with van der Waals surface area (Å²) >= 11 is 0. The van der Waals surface area contributed by atoms with Crippen LogP contribution >= 0.6 is 0 Å². The van der Waals surface area contributed by atoms with E-state index < -0.39 is 6.36 Å². The van der Waals surface area contributed by atoms with Gasteiger partial charge in [-0.15, -0.1) is 13.2 Å². The van der Waals surface area contributed by atoms with Gasteiger partial charge in [-0.05, 0) is 24.3 Å². The minimum absolute atomic E-state index is 0.265. The zero-order chi connectivity index (χ0) is 14.2. The molecule has 3 rings (SSSR count). The number of alkyl halides is 3. The molecular weight excluding hydrogens is 269 g/mol. The molecule has 0 saturated heterocycles. The van der Waals surface area contributed by atoms with E-state index in [1.807, 2.05) is 12.1 Å². The second kappa shape index (κ2) is 4.59. The molecule has 1 heterocycles. The summed E-state index contributed by atoms with van der Waals surface area (Å²) in [6.07, 6.45) is -4.73. The van der Waals surface area contributed by atoms with E-state index in [4.69, 9.17) is 4.42 Å². The van der Waals surface area contributed by atoms with Gasteiger partial charge < -0.3 is 9.15 Å². The Morgan fingerprint density at radius 1 is 0.900 bits per heavy atom. The summed E-state index contributed by atoms with van der Waals surface area (Å²) < 4.78 is 46.8. The van der Waals surface area contributed by atoms with Crippen molar-refractivity contribution >= 4 is 11.0 Å². The minimum Gasteiger partial charge on any atom is -0.456 e. The highest BCUT2D eigenvalue weighted by Crippen LogP contribution is 2.36. The quantitative estimate of drug-likeness (QED) is 0.658. The molecule has 0 bridgehead atoms. The van der Waals surface area contributed by atoms with Gasteiger partial charge in [-0.2, -0.15) is 0 Å². The molecule has 0 aliphatic heterocycles. The summed E-state index contributed by atoms with van der Waals surface area (Å²) in [6.45, 7) is 0. The Balaban J connectivity index is 2.09. The molecule has 0 amide bonds. The molecule has 0 aliphatic rings. The molecule has 20 heavy (non-hydrogen) atoms. The molecule has 0 fully saturated rings. The number of hydrogen-bond donors (Lipinski definition) is 0. The lowest BCUT2D eigenvalue weighted by Crippen LogP contribution is -2.17. The van der Waals surface area contributed by atoms with Crippen molar-refractivity contribution in [2.75, 3.05) is 0 Å². The Hall–Kier alpha value is -2.43. The first kappa shape index (κ1) is 12.6. The fraction of sp³-hybridized carbons (Fsp3) is 0.0667. The van der Waals surface area contributed by atoms with Gasteiger partial charge in [-0.25, -0.2) is 0 Å². The summed E-state index contributed by atoms with van der Waals surface area (Å²) in [5.74, 6) is 0.0603. The summed E-state index contributed by atoms with van der Waals surface area (Å²) in [5, 5.41) is 0.823. The number of furan rings is 1. The lowest BCUT2D eigenvalue weighted by molar-refractivity contribution is -0.274. The highest BCUT2D eigenvalue weighted by atomic mass is 19.4. The molecule has 102 valence electrons. The second-order valence-corrected chi connectivity index (χ2v) is 4.19. The zero-order valence-corrected chi connectivity index (χ0v) is 10.1. The van der Waals surface area contributed by atoms with E-state index in [9.17, 15) is 13.2 Å². The lowest BCUT2D eigenvalue weighted by Gasteiger charge is -2.11. The Labute approximate surface area is 112 Å². The van der Waals surface area contributed by atoms with Crippen LogP contribution in [0.25, 0.3) is 22.3 Å². The predicted octanol–water partition coefficient (Wildman–Crippen LogP) is 5.00. The third-order valence-electron chi connectivity index (χ3n) is 2.80. The Morgan fingerprint density at radius 3 is 2.35 bits per heavy atom. The van der Waals surface area contributed by atoms with Gasteiger partial charge in [0.2, 0.25) is 0 Å². The van der Waals surface area contributed by atoms with Crippen LogP contribution in [0.15, 0.2) is 59.0 Å². The Bertz CT molecular complexity index is 711. The molecule has 0 radical (unpaired) electrons. The monoisotopic (exact) mass is 278 g/mol. The van der Waals surface area contributed by atoms with Crippen LogP contribution in [0, 0.1) is 0 Å². The zero-order valence-electron chi connectivity index (χ0n) is 10.1. The standard InChI is InChI=1S/C15H9F3O2/c16-15(17,18)20-13-8-4-2-6-11(13)14-9-10-5-1-3-7-12(10)19-14/h1-9H. The second-order valence-electron chi connectivity index (χ2n) is 4.19. The maximum atomic E-state index is 12.4. The third-order valence-corrected chi connectivity index (χ3v) is 2.80. The number of para-hydroxylation sites is 2. The maximum Gasteiger partial charge on any atom is 0.573 e. The van der Waals surface area contributed by atoms with E-state index in [1.165, 1.54) is 18.2 Å². The van der Waals surface area contributed by atoms with Crippen LogP contribution < -0.4 is 4.74 Å². The predicted molar refractivity (Wildman–Crippen MR) is 68.3 cm³/mol. The van der Waals surface area contributed by atoms with Gasteiger partial charge in [0.15, 0.2) is 0 Å². The topological polar surface area (TPSA) is 22.4 Å². The van der Waals surface area contributed by atoms with E-state index >= 15 is 0 Å². The molecule has 0 unspecified atom stereocenters. The van der Waals surface area contributed by atoms with Gasteiger partial charge in [0, 0.05) is 5.39 Å². The first-order valence-corrected chi connectivity index (χ1v) is 5.87. The summed E-state index contributed by atoms with van der Waals surface area (Å²) in [7, 11) is 0. The summed E-state index contributed by atoms with van der Waals surface area (Å²) in [6, 6.07) is 14.8. The van der Waals surface area contributed by atoms with Crippen LogP contribution in [0.2, 0.25) is 0 Å². The van der Waals surface area contributed by atoms with Gasteiger partial charge in [-0.3, -0.25) is 0 Å². The van der Waals surface area contributed by atoms with Crippen LogP contribution in [-0.4, -0.2) is 6.36 Å². The van der Waals surface area contributed by atoms with Crippen molar-refractivity contribution in [3.63, 3.8) is 0 Å². The van der Waals surface area contributed by atoms with Gasteiger partial charge in [0.25, 0.3) is 0 Å². The van der Waals surface area contributed by atoms with Crippen molar-refractivity contribution in [3.8, 4) is 17.1 Å². The van der Waals surface area contributed by atoms with Crippen LogP contribution in [0.5, 0.6) is 5.75 Å². The number of ether oxygens (including phenoxy) is 1. The molecule has 0 atom stereocenters. The van der Waals surface area contributed by atoms with Crippen molar-refractivity contribution in [2.24, 2.45) is 0 Å². The van der Waals surface area contributed by atoms with E-state index in [1.54, 1.807) is 24.3 Å². The smallest absolute Gasteiger partial charge is 0.456 e. The van der Waals surface area contributed by atoms with Crippen molar-refractivity contribution in [1.29, 1.82) is 0 Å². The molecule has 1 aromatic heterocycles. The summed E-state index contributed by atoms with van der Waals surface area (Å²) in [5.41, 5.74) is 0.880. The Kier molecular flexibility index (Phi) is 2.89. The molecule has 0 spiro atoms. The molecule has 0 N–H and O–H groups in total. The molecular formula is C15H9F3O2. The van der Waals surface area contributed by atoms with Crippen LogP contribution in [0.4, 0.5) is 13.2 Å². The Morgan fingerprint density at radius 2 is 1.60 bits per heavy atom. The van der Waals surface area contributed by atoms with Gasteiger partial charge in [0.1, 0.15) is 17.1 Å². The van der Waals surface area contributed by atoms with E-state index in [-0.39, 0.29) is 11.3 Å². The van der Waals surface area contributed by atoms with Gasteiger partial charge in [-0.1, -0.05) is 30.3 Å². The van der Waals surface area contributed by atoms with Crippen molar-refractivity contribution in [2.45, 2.75) is 6.36 Å². The van der Waals surface area contributed by atoms with Gasteiger partial charge in [0.05, 0.1) is 5.56 Å². The van der Waals surface area contributed by atoms with Gasteiger partial charge >= 0.3 is 6.36 Å². The fourth-order valence-corrected chi connectivity index (χ4v) is 2.00. The summed E-state index contributed by atoms with van der Waals surface area (Å²) in [4.78, 5) is 0. The number of benzene rings is 2. The van der Waals surface area contributed by atoms with E-state index in [0.717, 1.165) is 5.39 Å². The lowest BCUT2D eigenvalue weighted by atomic mass is 10.1. The van der Waals surface area contributed by atoms with Crippen LogP contribution in [0.3, 0.4) is 0 Å². The van der Waals surface area contributed by atoms with Crippen molar-refractivity contribution in [1.82, 2.24) is 0 Å². The minimum atomic E-state index is -4.73. The van der Waals surface area contributed by atoms with Crippen molar-refractivity contribution < 1.29 is 22.3 Å². The average Bonchev–Trinajstić information content (AvgIpc) is 2.81. The number of fused-ring (bicyclic) bond motifs is 1. The molecule has 0 saturated carbocycles. The third kappa shape index (κ3) is 2.47. The number of halogens is 3. The SMILES string of the molecule is FC(F)(F)Oc1ccccc1-c1cc2ccccc2o1.